The molecule has 120 valence electrons. The number of thioether (sulfide) groups is 1. The topological polar surface area (TPSA) is 32.3 Å². The van der Waals surface area contributed by atoms with Gasteiger partial charge in [0.15, 0.2) is 17.5 Å². The van der Waals surface area contributed by atoms with Gasteiger partial charge in [-0.25, -0.2) is 13.2 Å². The predicted octanol–water partition coefficient (Wildman–Crippen LogP) is 3.65. The van der Waals surface area contributed by atoms with Gasteiger partial charge in [-0.2, -0.15) is 11.8 Å². The largest absolute Gasteiger partial charge is 0.394 e. The third kappa shape index (κ3) is 5.88. The maximum atomic E-state index is 13.2. The molecule has 0 bridgehead atoms. The van der Waals surface area contributed by atoms with Crippen molar-refractivity contribution in [1.29, 1.82) is 0 Å². The highest BCUT2D eigenvalue weighted by atomic mass is 32.2. The zero-order valence-electron chi connectivity index (χ0n) is 12.7. The number of halogens is 3. The van der Waals surface area contributed by atoms with Gasteiger partial charge >= 0.3 is 0 Å². The van der Waals surface area contributed by atoms with E-state index >= 15 is 0 Å². The molecule has 0 spiro atoms. The normalized spacial score (nSPS) is 15.0. The molecular weight excluding hydrogens is 299 g/mol. The molecule has 2 unspecified atom stereocenters. The van der Waals surface area contributed by atoms with Crippen LogP contribution in [-0.2, 0) is 0 Å². The van der Waals surface area contributed by atoms with E-state index in [4.69, 9.17) is 0 Å². The summed E-state index contributed by atoms with van der Waals surface area (Å²) in [6, 6.07) is 1.22. The van der Waals surface area contributed by atoms with Crippen molar-refractivity contribution in [1.82, 2.24) is 5.32 Å². The number of hydrogen-bond donors (Lipinski definition) is 2. The molecule has 2 N–H and O–H groups in total. The summed E-state index contributed by atoms with van der Waals surface area (Å²) in [5, 5.41) is 12.5. The molecule has 1 aromatic carbocycles. The van der Waals surface area contributed by atoms with E-state index in [0.29, 0.717) is 0 Å². The van der Waals surface area contributed by atoms with Crippen molar-refractivity contribution < 1.29 is 18.3 Å². The van der Waals surface area contributed by atoms with Gasteiger partial charge in [0, 0.05) is 16.5 Å². The summed E-state index contributed by atoms with van der Waals surface area (Å²) in [6.07, 6.45) is 0. The Bertz CT molecular complexity index is 453. The van der Waals surface area contributed by atoms with Crippen LogP contribution in [0.15, 0.2) is 12.1 Å². The summed E-state index contributed by atoms with van der Waals surface area (Å²) in [7, 11) is 0. The number of rotatable bonds is 6. The molecule has 0 aliphatic carbocycles. The van der Waals surface area contributed by atoms with Gasteiger partial charge in [-0.3, -0.25) is 0 Å². The van der Waals surface area contributed by atoms with E-state index in [-0.39, 0.29) is 23.0 Å². The maximum absolute atomic E-state index is 13.2. The molecule has 0 radical (unpaired) electrons. The zero-order chi connectivity index (χ0) is 16.2. The first-order valence-electron chi connectivity index (χ1n) is 6.79. The van der Waals surface area contributed by atoms with E-state index in [0.717, 1.165) is 17.9 Å². The molecule has 0 saturated heterocycles. The highest BCUT2D eigenvalue weighted by Crippen LogP contribution is 2.25. The van der Waals surface area contributed by atoms with Crippen LogP contribution in [0.1, 0.15) is 39.3 Å². The van der Waals surface area contributed by atoms with Crippen LogP contribution < -0.4 is 5.32 Å². The lowest BCUT2D eigenvalue weighted by molar-refractivity contribution is 0.237. The lowest BCUT2D eigenvalue weighted by Gasteiger charge is -2.25. The Balaban J connectivity index is 2.75. The standard InChI is InChI=1S/C15H22F3NOS/c1-9(8-21-15(2,3)4)19-13(7-20)10-5-11(16)14(18)12(17)6-10/h5-6,9,13,19-20H,7-8H2,1-4H3. The van der Waals surface area contributed by atoms with E-state index in [1.54, 1.807) is 11.8 Å². The Morgan fingerprint density at radius 3 is 2.14 bits per heavy atom. The fourth-order valence-corrected chi connectivity index (χ4v) is 2.64. The first-order valence-corrected chi connectivity index (χ1v) is 7.78. The van der Waals surface area contributed by atoms with Gasteiger partial charge in [-0.15, -0.1) is 0 Å². The van der Waals surface area contributed by atoms with Crippen molar-refractivity contribution in [2.75, 3.05) is 12.4 Å². The summed E-state index contributed by atoms with van der Waals surface area (Å²) in [4.78, 5) is 0. The van der Waals surface area contributed by atoms with Crippen LogP contribution in [0.4, 0.5) is 13.2 Å². The monoisotopic (exact) mass is 321 g/mol. The Hall–Kier alpha value is -0.720. The summed E-state index contributed by atoms with van der Waals surface area (Å²) >= 11 is 1.75. The van der Waals surface area contributed by atoms with E-state index in [1.165, 1.54) is 0 Å². The first kappa shape index (κ1) is 18.3. The van der Waals surface area contributed by atoms with Crippen molar-refractivity contribution in [3.63, 3.8) is 0 Å². The summed E-state index contributed by atoms with van der Waals surface area (Å²) < 4.78 is 39.6. The fourth-order valence-electron chi connectivity index (χ4n) is 1.80. The average molecular weight is 321 g/mol. The smallest absolute Gasteiger partial charge is 0.194 e. The van der Waals surface area contributed by atoms with Crippen LogP contribution in [0.25, 0.3) is 0 Å². The third-order valence-corrected chi connectivity index (χ3v) is 4.38. The average Bonchev–Trinajstić information content (AvgIpc) is 2.38. The molecule has 6 heteroatoms. The van der Waals surface area contributed by atoms with Gasteiger partial charge in [-0.05, 0) is 24.6 Å². The van der Waals surface area contributed by atoms with Gasteiger partial charge in [0.25, 0.3) is 0 Å². The Kier molecular flexibility index (Phi) is 6.56. The SMILES string of the molecule is CC(CSC(C)(C)C)NC(CO)c1cc(F)c(F)c(F)c1. The minimum atomic E-state index is -1.49. The van der Waals surface area contributed by atoms with Gasteiger partial charge in [0.05, 0.1) is 12.6 Å². The van der Waals surface area contributed by atoms with E-state index in [2.05, 4.69) is 26.1 Å². The van der Waals surface area contributed by atoms with Crippen LogP contribution >= 0.6 is 11.8 Å². The van der Waals surface area contributed by atoms with Crippen molar-refractivity contribution in [3.05, 3.63) is 35.1 Å². The number of benzene rings is 1. The zero-order valence-corrected chi connectivity index (χ0v) is 13.5. The maximum Gasteiger partial charge on any atom is 0.194 e. The third-order valence-electron chi connectivity index (χ3n) is 2.84. The summed E-state index contributed by atoms with van der Waals surface area (Å²) in [5.41, 5.74) is 0.196. The molecule has 1 aromatic rings. The molecule has 0 aromatic heterocycles. The first-order chi connectivity index (χ1) is 9.64. The van der Waals surface area contributed by atoms with Crippen LogP contribution in [0.2, 0.25) is 0 Å². The Labute approximate surface area is 128 Å². The lowest BCUT2D eigenvalue weighted by Crippen LogP contribution is -2.35. The van der Waals surface area contributed by atoms with Crippen LogP contribution in [-0.4, -0.2) is 28.3 Å². The van der Waals surface area contributed by atoms with Crippen molar-refractivity contribution in [3.8, 4) is 0 Å². The summed E-state index contributed by atoms with van der Waals surface area (Å²) in [6.45, 7) is 7.89. The molecular formula is C15H22F3NOS. The second-order valence-electron chi connectivity index (χ2n) is 6.02. The minimum Gasteiger partial charge on any atom is -0.394 e. The molecule has 0 aliphatic rings. The molecule has 0 amide bonds. The highest BCUT2D eigenvalue weighted by Gasteiger charge is 2.20. The number of hydrogen-bond acceptors (Lipinski definition) is 3. The van der Waals surface area contributed by atoms with Crippen LogP contribution in [0, 0.1) is 17.5 Å². The van der Waals surface area contributed by atoms with Crippen molar-refractivity contribution in [2.24, 2.45) is 0 Å². The highest BCUT2D eigenvalue weighted by molar-refractivity contribution is 8.00. The van der Waals surface area contributed by atoms with Crippen molar-refractivity contribution >= 4 is 11.8 Å². The molecule has 21 heavy (non-hydrogen) atoms. The van der Waals surface area contributed by atoms with Crippen molar-refractivity contribution in [2.45, 2.75) is 44.5 Å². The molecule has 0 fully saturated rings. The second-order valence-corrected chi connectivity index (χ2v) is 7.87. The van der Waals surface area contributed by atoms with Crippen LogP contribution in [0.3, 0.4) is 0 Å². The molecule has 2 atom stereocenters. The van der Waals surface area contributed by atoms with E-state index < -0.39 is 23.5 Å². The Morgan fingerprint density at radius 2 is 1.71 bits per heavy atom. The number of nitrogens with one attached hydrogen (secondary N) is 1. The number of aliphatic hydroxyl groups is 1. The minimum absolute atomic E-state index is 0.0301. The quantitative estimate of drug-likeness (QED) is 0.785. The van der Waals surface area contributed by atoms with Gasteiger partial charge in [0.1, 0.15) is 0 Å². The second kappa shape index (κ2) is 7.51. The molecule has 0 heterocycles. The molecule has 2 nitrogen and oxygen atoms in total. The fraction of sp³-hybridized carbons (Fsp3) is 0.600. The molecule has 0 saturated carbocycles. The van der Waals surface area contributed by atoms with E-state index in [1.807, 2.05) is 6.92 Å². The van der Waals surface area contributed by atoms with Gasteiger partial charge in [-0.1, -0.05) is 20.8 Å². The van der Waals surface area contributed by atoms with E-state index in [9.17, 15) is 18.3 Å². The number of aliphatic hydroxyl groups excluding tert-OH is 1. The molecule has 0 aliphatic heterocycles. The van der Waals surface area contributed by atoms with Gasteiger partial charge in [0.2, 0.25) is 0 Å². The summed E-state index contributed by atoms with van der Waals surface area (Å²) in [5.74, 6) is -3.21. The van der Waals surface area contributed by atoms with Crippen LogP contribution in [0.5, 0.6) is 0 Å². The molecule has 1 rings (SSSR count). The van der Waals surface area contributed by atoms with Gasteiger partial charge < -0.3 is 10.4 Å². The lowest BCUT2D eigenvalue weighted by atomic mass is 10.1. The Morgan fingerprint density at radius 1 is 1.19 bits per heavy atom. The predicted molar refractivity (Wildman–Crippen MR) is 81.0 cm³/mol.